The molecular weight excluding hydrogens is 416 g/mol. The van der Waals surface area contributed by atoms with Gasteiger partial charge < -0.3 is 20.4 Å². The van der Waals surface area contributed by atoms with Gasteiger partial charge in [0.15, 0.2) is 6.61 Å². The van der Waals surface area contributed by atoms with Crippen molar-refractivity contribution in [2.75, 3.05) is 11.9 Å². The van der Waals surface area contributed by atoms with E-state index in [2.05, 4.69) is 20.6 Å². The predicted octanol–water partition coefficient (Wildman–Crippen LogP) is 3.29. The molecule has 160 valence electrons. The standard InChI is InChI=1S/C22H22N4O4S/c27-18-11-30-16-7-6-12(8-15(16)24-18)10-23-21(29)19-25-20(28)14-9-17(31-22(14)26-19)13-4-2-1-3-5-13/h6-9,13H,1-5,10-11H2,(H,23,29)(H,24,27)(H,25,26,28). The third kappa shape index (κ3) is 4.05. The molecule has 0 saturated heterocycles. The molecule has 1 aromatic carbocycles. The lowest BCUT2D eigenvalue weighted by Gasteiger charge is -2.19. The highest BCUT2D eigenvalue weighted by Crippen LogP contribution is 2.37. The summed E-state index contributed by atoms with van der Waals surface area (Å²) in [5.74, 6) is 0.414. The molecule has 0 spiro atoms. The van der Waals surface area contributed by atoms with Gasteiger partial charge in [0.25, 0.3) is 17.4 Å². The number of anilines is 1. The molecular formula is C22H22N4O4S. The van der Waals surface area contributed by atoms with Crippen molar-refractivity contribution < 1.29 is 14.3 Å². The minimum atomic E-state index is -0.454. The second-order valence-electron chi connectivity index (χ2n) is 7.97. The van der Waals surface area contributed by atoms with Crippen molar-refractivity contribution >= 4 is 39.1 Å². The summed E-state index contributed by atoms with van der Waals surface area (Å²) in [5, 5.41) is 6.06. The molecule has 1 saturated carbocycles. The normalized spacial score (nSPS) is 16.5. The number of ether oxygens (including phenoxy) is 1. The predicted molar refractivity (Wildman–Crippen MR) is 118 cm³/mol. The first kappa shape index (κ1) is 19.7. The quantitative estimate of drug-likeness (QED) is 0.579. The number of fused-ring (bicyclic) bond motifs is 2. The first-order chi connectivity index (χ1) is 15.1. The van der Waals surface area contributed by atoms with Gasteiger partial charge in [-0.1, -0.05) is 25.3 Å². The van der Waals surface area contributed by atoms with E-state index in [1.165, 1.54) is 35.5 Å². The van der Waals surface area contributed by atoms with Crippen molar-refractivity contribution in [3.8, 4) is 5.75 Å². The second kappa shape index (κ2) is 8.14. The molecule has 5 rings (SSSR count). The highest BCUT2D eigenvalue weighted by molar-refractivity contribution is 7.18. The molecule has 8 nitrogen and oxygen atoms in total. The van der Waals surface area contributed by atoms with Gasteiger partial charge in [0, 0.05) is 11.4 Å². The molecule has 0 atom stereocenters. The van der Waals surface area contributed by atoms with E-state index in [-0.39, 0.29) is 30.4 Å². The van der Waals surface area contributed by atoms with Crippen molar-refractivity contribution in [3.05, 3.63) is 50.9 Å². The molecule has 1 aliphatic carbocycles. The van der Waals surface area contributed by atoms with Gasteiger partial charge in [0.2, 0.25) is 5.82 Å². The number of rotatable bonds is 4. The average Bonchev–Trinajstić information content (AvgIpc) is 3.23. The van der Waals surface area contributed by atoms with Gasteiger partial charge in [-0.15, -0.1) is 11.3 Å². The largest absolute Gasteiger partial charge is 0.482 e. The van der Waals surface area contributed by atoms with Crippen LogP contribution in [0, 0.1) is 0 Å². The summed E-state index contributed by atoms with van der Waals surface area (Å²) in [5.41, 5.74) is 1.07. The zero-order valence-electron chi connectivity index (χ0n) is 16.8. The summed E-state index contributed by atoms with van der Waals surface area (Å²) in [4.78, 5) is 45.5. The number of carbonyl (C=O) groups is 2. The van der Waals surface area contributed by atoms with Gasteiger partial charge in [-0.05, 0) is 42.5 Å². The van der Waals surface area contributed by atoms with E-state index in [0.29, 0.717) is 27.6 Å². The average molecular weight is 439 g/mol. The molecule has 1 fully saturated rings. The molecule has 3 N–H and O–H groups in total. The Morgan fingerprint density at radius 1 is 1.19 bits per heavy atom. The van der Waals surface area contributed by atoms with Crippen LogP contribution in [0.4, 0.5) is 5.69 Å². The van der Waals surface area contributed by atoms with Gasteiger partial charge in [-0.2, -0.15) is 0 Å². The lowest BCUT2D eigenvalue weighted by molar-refractivity contribution is -0.118. The van der Waals surface area contributed by atoms with E-state index >= 15 is 0 Å². The summed E-state index contributed by atoms with van der Waals surface area (Å²) < 4.78 is 5.34. The molecule has 2 amide bonds. The van der Waals surface area contributed by atoms with E-state index in [9.17, 15) is 14.4 Å². The zero-order valence-corrected chi connectivity index (χ0v) is 17.6. The molecule has 3 aromatic rings. The Hall–Kier alpha value is -3.20. The Morgan fingerprint density at radius 2 is 2.03 bits per heavy atom. The van der Waals surface area contributed by atoms with Crippen LogP contribution >= 0.6 is 11.3 Å². The number of hydrogen-bond donors (Lipinski definition) is 3. The highest BCUT2D eigenvalue weighted by Gasteiger charge is 2.21. The Labute approximate surface area is 182 Å². The van der Waals surface area contributed by atoms with Crippen LogP contribution in [0.15, 0.2) is 29.1 Å². The van der Waals surface area contributed by atoms with Gasteiger partial charge >= 0.3 is 0 Å². The maximum atomic E-state index is 12.6. The fourth-order valence-electron chi connectivity index (χ4n) is 4.15. The van der Waals surface area contributed by atoms with Crippen LogP contribution in [0.5, 0.6) is 5.75 Å². The van der Waals surface area contributed by atoms with Crippen LogP contribution < -0.4 is 20.9 Å². The number of H-pyrrole nitrogens is 1. The summed E-state index contributed by atoms with van der Waals surface area (Å²) in [7, 11) is 0. The van der Waals surface area contributed by atoms with Crippen molar-refractivity contribution in [1.82, 2.24) is 15.3 Å². The van der Waals surface area contributed by atoms with Crippen molar-refractivity contribution in [3.63, 3.8) is 0 Å². The Balaban J connectivity index is 1.32. The minimum Gasteiger partial charge on any atom is -0.482 e. The molecule has 0 radical (unpaired) electrons. The maximum absolute atomic E-state index is 12.6. The van der Waals surface area contributed by atoms with Crippen LogP contribution in [-0.2, 0) is 11.3 Å². The lowest BCUT2D eigenvalue weighted by atomic mass is 9.88. The number of aromatic amines is 1. The number of nitrogens with one attached hydrogen (secondary N) is 3. The van der Waals surface area contributed by atoms with E-state index in [1.807, 2.05) is 12.1 Å². The van der Waals surface area contributed by atoms with Gasteiger partial charge in [0.05, 0.1) is 11.1 Å². The van der Waals surface area contributed by atoms with Gasteiger partial charge in [-0.25, -0.2) is 4.98 Å². The first-order valence-corrected chi connectivity index (χ1v) is 11.3. The van der Waals surface area contributed by atoms with Gasteiger partial charge in [-0.3, -0.25) is 14.4 Å². The number of aromatic nitrogens is 2. The van der Waals surface area contributed by atoms with Crippen LogP contribution in [0.25, 0.3) is 10.2 Å². The maximum Gasteiger partial charge on any atom is 0.287 e. The van der Waals surface area contributed by atoms with Crippen LogP contribution in [0.1, 0.15) is 59.1 Å². The van der Waals surface area contributed by atoms with Crippen molar-refractivity contribution in [1.29, 1.82) is 0 Å². The molecule has 3 heterocycles. The van der Waals surface area contributed by atoms with Crippen molar-refractivity contribution in [2.45, 2.75) is 44.6 Å². The molecule has 9 heteroatoms. The number of thiophene rings is 1. The Morgan fingerprint density at radius 3 is 2.87 bits per heavy atom. The monoisotopic (exact) mass is 438 g/mol. The van der Waals surface area contributed by atoms with Crippen molar-refractivity contribution in [2.24, 2.45) is 0 Å². The minimum absolute atomic E-state index is 0.00383. The Bertz CT molecular complexity index is 1230. The summed E-state index contributed by atoms with van der Waals surface area (Å²) >= 11 is 1.51. The van der Waals surface area contributed by atoms with Gasteiger partial charge in [0.1, 0.15) is 10.6 Å². The SMILES string of the molecule is O=C1COc2ccc(CNC(=O)c3nc4sc(C5CCCCC5)cc4c(=O)[nH]3)cc2N1. The fraction of sp³-hybridized carbons (Fsp3) is 0.364. The van der Waals surface area contributed by atoms with Crippen LogP contribution in [0.2, 0.25) is 0 Å². The highest BCUT2D eigenvalue weighted by atomic mass is 32.1. The first-order valence-electron chi connectivity index (χ1n) is 10.4. The smallest absolute Gasteiger partial charge is 0.287 e. The Kier molecular flexibility index (Phi) is 5.19. The van der Waals surface area contributed by atoms with Crippen LogP contribution in [-0.4, -0.2) is 28.4 Å². The van der Waals surface area contributed by atoms with E-state index in [0.717, 1.165) is 18.4 Å². The molecule has 0 unspecified atom stereocenters. The third-order valence-electron chi connectivity index (χ3n) is 5.77. The van der Waals surface area contributed by atoms with Crippen LogP contribution in [0.3, 0.4) is 0 Å². The van der Waals surface area contributed by atoms with E-state index < -0.39 is 5.91 Å². The molecule has 1 aliphatic heterocycles. The van der Waals surface area contributed by atoms with E-state index in [4.69, 9.17) is 4.74 Å². The molecule has 0 bridgehead atoms. The molecule has 31 heavy (non-hydrogen) atoms. The number of carbonyl (C=O) groups excluding carboxylic acids is 2. The lowest BCUT2D eigenvalue weighted by Crippen LogP contribution is -2.28. The zero-order chi connectivity index (χ0) is 21.4. The fourth-order valence-corrected chi connectivity index (χ4v) is 5.35. The van der Waals surface area contributed by atoms with E-state index in [1.54, 1.807) is 12.1 Å². The number of nitrogens with zero attached hydrogens (tertiary/aromatic N) is 1. The summed E-state index contributed by atoms with van der Waals surface area (Å²) in [6.07, 6.45) is 5.99. The summed E-state index contributed by atoms with van der Waals surface area (Å²) in [6.45, 7) is 0.220. The number of hydrogen-bond acceptors (Lipinski definition) is 6. The third-order valence-corrected chi connectivity index (χ3v) is 6.97. The summed E-state index contributed by atoms with van der Waals surface area (Å²) in [6, 6.07) is 7.25. The number of amides is 2. The molecule has 2 aromatic heterocycles. The topological polar surface area (TPSA) is 113 Å². The second-order valence-corrected chi connectivity index (χ2v) is 9.03. The number of benzene rings is 1. The molecule has 2 aliphatic rings.